The normalized spacial score (nSPS) is 33.3. The van der Waals surface area contributed by atoms with Crippen LogP contribution in [0.2, 0.25) is 0 Å². The molecule has 4 atom stereocenters. The second kappa shape index (κ2) is 22.9. The molecule has 0 aromatic heterocycles. The minimum Gasteiger partial charge on any atom is -0.373 e. The van der Waals surface area contributed by atoms with E-state index < -0.39 is 0 Å². The molecule has 1 heteroatoms. The van der Waals surface area contributed by atoms with Crippen LogP contribution in [0.15, 0.2) is 24.3 Å². The largest absolute Gasteiger partial charge is 0.373 e. The van der Waals surface area contributed by atoms with Crippen molar-refractivity contribution in [3.8, 4) is 0 Å². The van der Waals surface area contributed by atoms with Gasteiger partial charge in [-0.05, 0) is 112 Å². The van der Waals surface area contributed by atoms with Crippen molar-refractivity contribution in [1.29, 1.82) is 0 Å². The van der Waals surface area contributed by atoms with Gasteiger partial charge in [-0.2, -0.15) is 0 Å². The van der Waals surface area contributed by atoms with E-state index >= 15 is 0 Å². The zero-order chi connectivity index (χ0) is 31.4. The number of hydrogen-bond acceptors (Lipinski definition) is 1. The van der Waals surface area contributed by atoms with Gasteiger partial charge in [0.1, 0.15) is 0 Å². The third-order valence-electron chi connectivity index (χ3n) is 13.3. The Labute approximate surface area is 282 Å². The van der Waals surface area contributed by atoms with Crippen molar-refractivity contribution in [2.75, 3.05) is 13.2 Å². The van der Waals surface area contributed by atoms with Gasteiger partial charge in [0.05, 0.1) is 13.2 Å². The van der Waals surface area contributed by atoms with Gasteiger partial charge in [-0.1, -0.05) is 154 Å². The quantitative estimate of drug-likeness (QED) is 0.0969. The molecule has 4 aliphatic carbocycles. The fourth-order valence-corrected chi connectivity index (χ4v) is 10.4. The van der Waals surface area contributed by atoms with E-state index in [1.54, 1.807) is 12.8 Å². The average molecular weight is 623 g/mol. The van der Waals surface area contributed by atoms with Gasteiger partial charge >= 0.3 is 0 Å². The summed E-state index contributed by atoms with van der Waals surface area (Å²) in [7, 11) is 0. The van der Waals surface area contributed by atoms with E-state index in [0.717, 1.165) is 60.6 Å². The van der Waals surface area contributed by atoms with Crippen LogP contribution in [0.4, 0.5) is 0 Å². The maximum Gasteiger partial charge on any atom is 0.0651 e. The Morgan fingerprint density at radius 1 is 0.444 bits per heavy atom. The Balaban J connectivity index is 1.00. The van der Waals surface area contributed by atoms with Crippen molar-refractivity contribution in [2.24, 2.45) is 47.3 Å². The number of allylic oxidation sites excluding steroid dienone is 2. The number of unbranched alkanes of at least 4 members (excludes halogenated alkanes) is 8. The third kappa shape index (κ3) is 14.6. The zero-order valence-electron chi connectivity index (χ0n) is 30.5. The molecule has 4 aliphatic rings. The highest BCUT2D eigenvalue weighted by molar-refractivity contribution is 4.95. The summed E-state index contributed by atoms with van der Waals surface area (Å²) >= 11 is 0. The lowest BCUT2D eigenvalue weighted by atomic mass is 9.68. The minimum absolute atomic E-state index is 0.793. The van der Waals surface area contributed by atoms with Gasteiger partial charge in [0.15, 0.2) is 0 Å². The zero-order valence-corrected chi connectivity index (χ0v) is 30.5. The molecule has 0 saturated heterocycles. The predicted molar refractivity (Wildman–Crippen MR) is 198 cm³/mol. The predicted octanol–water partition coefficient (Wildman–Crippen LogP) is 14.1. The first-order chi connectivity index (χ1) is 22.2. The van der Waals surface area contributed by atoms with Crippen molar-refractivity contribution in [2.45, 2.75) is 194 Å². The van der Waals surface area contributed by atoms with Crippen LogP contribution in [-0.2, 0) is 4.74 Å². The molecule has 45 heavy (non-hydrogen) atoms. The summed E-state index contributed by atoms with van der Waals surface area (Å²) < 4.78 is 6.01. The van der Waals surface area contributed by atoms with Crippen LogP contribution in [0, 0.1) is 47.3 Å². The van der Waals surface area contributed by atoms with Crippen LogP contribution in [-0.4, -0.2) is 13.2 Å². The molecule has 0 aromatic rings. The lowest BCUT2D eigenvalue weighted by Gasteiger charge is -2.38. The topological polar surface area (TPSA) is 9.23 Å². The summed E-state index contributed by atoms with van der Waals surface area (Å²) in [6.45, 7) is 6.24. The second-order valence-corrected chi connectivity index (χ2v) is 16.7. The molecular formula is C44H78O. The van der Waals surface area contributed by atoms with E-state index in [1.807, 2.05) is 0 Å². The maximum atomic E-state index is 6.01. The number of hydrogen-bond donors (Lipinski definition) is 0. The SMILES string of the molecule is CCCCCCCC1CCCC(C2CCC(C=CCOCC=CC3CCC(C4CCCC(CCCCCCC)C4)CC3)CC2)C1. The van der Waals surface area contributed by atoms with Crippen LogP contribution in [0.3, 0.4) is 0 Å². The maximum absolute atomic E-state index is 6.01. The van der Waals surface area contributed by atoms with Crippen molar-refractivity contribution in [3.63, 3.8) is 0 Å². The molecule has 1 nitrogen and oxygen atoms in total. The van der Waals surface area contributed by atoms with Crippen LogP contribution >= 0.6 is 0 Å². The van der Waals surface area contributed by atoms with Crippen LogP contribution in [0.25, 0.3) is 0 Å². The van der Waals surface area contributed by atoms with Gasteiger partial charge in [0, 0.05) is 0 Å². The lowest BCUT2D eigenvalue weighted by molar-refractivity contribution is 0.142. The molecule has 4 unspecified atom stereocenters. The van der Waals surface area contributed by atoms with Crippen molar-refractivity contribution < 1.29 is 4.74 Å². The standard InChI is InChI=1S/C44H78O/c1-3-5-7-9-11-17-39-19-13-23-43(35-39)41-29-25-37(26-30-41)21-15-33-45-34-16-22-38-27-31-42(32-28-38)44-24-14-20-40(36-44)18-12-10-8-6-4-2/h15-16,21-22,37-44H,3-14,17-20,23-36H2,1-2H3. The fourth-order valence-electron chi connectivity index (χ4n) is 10.4. The highest BCUT2D eigenvalue weighted by atomic mass is 16.5. The van der Waals surface area contributed by atoms with E-state index in [2.05, 4.69) is 38.2 Å². The summed E-state index contributed by atoms with van der Waals surface area (Å²) in [4.78, 5) is 0. The van der Waals surface area contributed by atoms with Gasteiger partial charge in [0.25, 0.3) is 0 Å². The third-order valence-corrected chi connectivity index (χ3v) is 13.3. The van der Waals surface area contributed by atoms with Gasteiger partial charge in [-0.25, -0.2) is 0 Å². The molecule has 4 rings (SSSR count). The molecule has 0 amide bonds. The van der Waals surface area contributed by atoms with E-state index in [-0.39, 0.29) is 0 Å². The minimum atomic E-state index is 0.793. The molecule has 0 bridgehead atoms. The van der Waals surface area contributed by atoms with Crippen molar-refractivity contribution in [1.82, 2.24) is 0 Å². The highest BCUT2D eigenvalue weighted by Crippen LogP contribution is 2.44. The smallest absolute Gasteiger partial charge is 0.0651 e. The van der Waals surface area contributed by atoms with Crippen molar-refractivity contribution >= 4 is 0 Å². The van der Waals surface area contributed by atoms with Crippen LogP contribution in [0.1, 0.15) is 194 Å². The summed E-state index contributed by atoms with van der Waals surface area (Å²) in [5.41, 5.74) is 0. The molecule has 0 radical (unpaired) electrons. The Kier molecular flexibility index (Phi) is 19.0. The van der Waals surface area contributed by atoms with E-state index in [4.69, 9.17) is 4.74 Å². The Hall–Kier alpha value is -0.560. The lowest BCUT2D eigenvalue weighted by Crippen LogP contribution is -2.26. The molecule has 0 heterocycles. The van der Waals surface area contributed by atoms with Gasteiger partial charge in [-0.15, -0.1) is 0 Å². The summed E-state index contributed by atoms with van der Waals surface area (Å²) in [6.07, 6.45) is 51.1. The first-order valence-electron chi connectivity index (χ1n) is 21.2. The molecular weight excluding hydrogens is 544 g/mol. The van der Waals surface area contributed by atoms with Gasteiger partial charge < -0.3 is 4.74 Å². The van der Waals surface area contributed by atoms with E-state index in [1.165, 1.54) is 167 Å². The first kappa shape index (κ1) is 37.3. The summed E-state index contributed by atoms with van der Waals surface area (Å²) in [5, 5.41) is 0. The number of rotatable bonds is 20. The molecule has 0 aliphatic heterocycles. The number of ether oxygens (including phenoxy) is 1. The molecule has 260 valence electrons. The van der Waals surface area contributed by atoms with Crippen molar-refractivity contribution in [3.05, 3.63) is 24.3 Å². The second-order valence-electron chi connectivity index (χ2n) is 16.7. The molecule has 4 fully saturated rings. The van der Waals surface area contributed by atoms with Gasteiger partial charge in [0.2, 0.25) is 0 Å². The van der Waals surface area contributed by atoms with Crippen LogP contribution in [0.5, 0.6) is 0 Å². The average Bonchev–Trinajstić information content (AvgIpc) is 3.08. The molecule has 4 saturated carbocycles. The van der Waals surface area contributed by atoms with Gasteiger partial charge in [-0.3, -0.25) is 0 Å². The fraction of sp³-hybridized carbons (Fsp3) is 0.909. The highest BCUT2D eigenvalue weighted by Gasteiger charge is 2.32. The van der Waals surface area contributed by atoms with Crippen LogP contribution < -0.4 is 0 Å². The summed E-state index contributed by atoms with van der Waals surface area (Å²) in [6, 6.07) is 0. The monoisotopic (exact) mass is 623 g/mol. The molecule has 0 aromatic carbocycles. The Morgan fingerprint density at radius 2 is 0.867 bits per heavy atom. The summed E-state index contributed by atoms with van der Waals surface area (Å²) in [5.74, 6) is 7.85. The molecule has 0 N–H and O–H groups in total. The van der Waals surface area contributed by atoms with E-state index in [0.29, 0.717) is 0 Å². The molecule has 0 spiro atoms. The Bertz CT molecular complexity index is 702. The Morgan fingerprint density at radius 3 is 1.29 bits per heavy atom. The van der Waals surface area contributed by atoms with E-state index in [9.17, 15) is 0 Å². The first-order valence-corrected chi connectivity index (χ1v) is 21.2.